The van der Waals surface area contributed by atoms with Crippen LogP contribution in [0.2, 0.25) is 0 Å². The van der Waals surface area contributed by atoms with E-state index >= 15 is 0 Å². The highest BCUT2D eigenvalue weighted by atomic mass is 15.2. The number of aryl methyl sites for hydroxylation is 1. The van der Waals surface area contributed by atoms with Crippen molar-refractivity contribution in [3.05, 3.63) is 53.9 Å². The van der Waals surface area contributed by atoms with E-state index in [4.69, 9.17) is 0 Å². The van der Waals surface area contributed by atoms with Gasteiger partial charge in [-0.1, -0.05) is 24.3 Å². The first-order chi connectivity index (χ1) is 9.75. The molecule has 0 N–H and O–H groups in total. The molecule has 0 spiro atoms. The SMILES string of the molecule is Cc1ccncc1-c1ccc([C@H](C)N2CCCC2)cc1. The summed E-state index contributed by atoms with van der Waals surface area (Å²) in [5.74, 6) is 0. The van der Waals surface area contributed by atoms with Gasteiger partial charge in [-0.2, -0.15) is 0 Å². The molecule has 20 heavy (non-hydrogen) atoms. The maximum atomic E-state index is 4.23. The Morgan fingerprint density at radius 3 is 2.40 bits per heavy atom. The fourth-order valence-corrected chi connectivity index (χ4v) is 3.05. The van der Waals surface area contributed by atoms with Crippen molar-refractivity contribution in [3.63, 3.8) is 0 Å². The van der Waals surface area contributed by atoms with E-state index < -0.39 is 0 Å². The number of hydrogen-bond acceptors (Lipinski definition) is 2. The average Bonchev–Trinajstić information content (AvgIpc) is 3.01. The highest BCUT2D eigenvalue weighted by molar-refractivity contribution is 5.66. The first kappa shape index (κ1) is 13.3. The van der Waals surface area contributed by atoms with Gasteiger partial charge in [-0.25, -0.2) is 0 Å². The van der Waals surface area contributed by atoms with Crippen LogP contribution in [-0.4, -0.2) is 23.0 Å². The van der Waals surface area contributed by atoms with Gasteiger partial charge in [0.2, 0.25) is 0 Å². The molecule has 3 rings (SSSR count). The van der Waals surface area contributed by atoms with E-state index in [1.54, 1.807) is 0 Å². The minimum atomic E-state index is 0.529. The lowest BCUT2D eigenvalue weighted by atomic mass is 9.99. The van der Waals surface area contributed by atoms with Crippen LogP contribution in [0.5, 0.6) is 0 Å². The third-order valence-electron chi connectivity index (χ3n) is 4.43. The molecule has 1 aromatic carbocycles. The maximum Gasteiger partial charge on any atom is 0.0349 e. The molecule has 0 bridgehead atoms. The van der Waals surface area contributed by atoms with E-state index in [2.05, 4.69) is 54.1 Å². The summed E-state index contributed by atoms with van der Waals surface area (Å²) in [7, 11) is 0. The van der Waals surface area contributed by atoms with Gasteiger partial charge in [-0.3, -0.25) is 9.88 Å². The number of benzene rings is 1. The Bertz CT molecular complexity index is 568. The predicted molar refractivity (Wildman–Crippen MR) is 83.6 cm³/mol. The zero-order valence-corrected chi connectivity index (χ0v) is 12.3. The van der Waals surface area contributed by atoms with E-state index in [-0.39, 0.29) is 0 Å². The van der Waals surface area contributed by atoms with Gasteiger partial charge in [-0.05, 0) is 62.5 Å². The standard InChI is InChI=1S/C18H22N2/c1-14-9-10-19-13-18(14)17-7-5-16(6-8-17)15(2)20-11-3-4-12-20/h5-10,13,15H,3-4,11-12H2,1-2H3/t15-/m0/s1. The van der Waals surface area contributed by atoms with Crippen molar-refractivity contribution in [3.8, 4) is 11.1 Å². The monoisotopic (exact) mass is 266 g/mol. The van der Waals surface area contributed by atoms with Gasteiger partial charge in [0.15, 0.2) is 0 Å². The lowest BCUT2D eigenvalue weighted by Gasteiger charge is -2.24. The van der Waals surface area contributed by atoms with Crippen molar-refractivity contribution in [1.82, 2.24) is 9.88 Å². The molecule has 0 radical (unpaired) electrons. The van der Waals surface area contributed by atoms with Crippen molar-refractivity contribution >= 4 is 0 Å². The third kappa shape index (κ3) is 2.61. The summed E-state index contributed by atoms with van der Waals surface area (Å²) in [6.07, 6.45) is 6.49. The number of pyridine rings is 1. The molecule has 0 aliphatic carbocycles. The van der Waals surface area contributed by atoms with Crippen LogP contribution < -0.4 is 0 Å². The molecule has 1 aliphatic rings. The van der Waals surface area contributed by atoms with Gasteiger partial charge in [-0.15, -0.1) is 0 Å². The molecule has 1 saturated heterocycles. The van der Waals surface area contributed by atoms with E-state index in [9.17, 15) is 0 Å². The maximum absolute atomic E-state index is 4.23. The minimum Gasteiger partial charge on any atom is -0.297 e. The second-order valence-electron chi connectivity index (χ2n) is 5.73. The lowest BCUT2D eigenvalue weighted by molar-refractivity contribution is 0.263. The summed E-state index contributed by atoms with van der Waals surface area (Å²) in [5, 5.41) is 0. The number of nitrogens with zero attached hydrogens (tertiary/aromatic N) is 2. The number of hydrogen-bond donors (Lipinski definition) is 0. The Morgan fingerprint density at radius 2 is 1.75 bits per heavy atom. The molecule has 2 nitrogen and oxygen atoms in total. The van der Waals surface area contributed by atoms with Crippen LogP contribution in [0.25, 0.3) is 11.1 Å². The van der Waals surface area contributed by atoms with Gasteiger partial charge < -0.3 is 0 Å². The summed E-state index contributed by atoms with van der Waals surface area (Å²) in [6.45, 7) is 6.93. The second kappa shape index (κ2) is 5.76. The van der Waals surface area contributed by atoms with Crippen LogP contribution in [0.15, 0.2) is 42.7 Å². The molecule has 1 aromatic heterocycles. The highest BCUT2D eigenvalue weighted by Gasteiger charge is 2.19. The van der Waals surface area contributed by atoms with Crippen LogP contribution in [0.1, 0.15) is 36.9 Å². The van der Waals surface area contributed by atoms with Crippen LogP contribution in [0, 0.1) is 6.92 Å². The number of aromatic nitrogens is 1. The Hall–Kier alpha value is -1.67. The predicted octanol–water partition coefficient (Wildman–Crippen LogP) is 4.21. The van der Waals surface area contributed by atoms with Crippen molar-refractivity contribution in [2.24, 2.45) is 0 Å². The first-order valence-electron chi connectivity index (χ1n) is 7.51. The molecule has 2 aromatic rings. The van der Waals surface area contributed by atoms with E-state index in [0.29, 0.717) is 6.04 Å². The molecule has 0 unspecified atom stereocenters. The van der Waals surface area contributed by atoms with E-state index in [0.717, 1.165) is 0 Å². The summed E-state index contributed by atoms with van der Waals surface area (Å²) in [5.41, 5.74) is 5.18. The second-order valence-corrected chi connectivity index (χ2v) is 5.73. The fourth-order valence-electron chi connectivity index (χ4n) is 3.05. The zero-order chi connectivity index (χ0) is 13.9. The normalized spacial score (nSPS) is 17.3. The van der Waals surface area contributed by atoms with E-state index in [1.165, 1.54) is 48.2 Å². The lowest BCUT2D eigenvalue weighted by Crippen LogP contribution is -2.23. The molecule has 1 fully saturated rings. The molecule has 0 saturated carbocycles. The Balaban J connectivity index is 1.82. The van der Waals surface area contributed by atoms with Gasteiger partial charge in [0.05, 0.1) is 0 Å². The smallest absolute Gasteiger partial charge is 0.0349 e. The van der Waals surface area contributed by atoms with Crippen LogP contribution in [0.3, 0.4) is 0 Å². The quantitative estimate of drug-likeness (QED) is 0.827. The Kier molecular flexibility index (Phi) is 3.83. The molecular weight excluding hydrogens is 244 g/mol. The van der Waals surface area contributed by atoms with Crippen molar-refractivity contribution in [2.75, 3.05) is 13.1 Å². The number of likely N-dealkylation sites (tertiary alicyclic amines) is 1. The summed E-state index contributed by atoms with van der Waals surface area (Å²) < 4.78 is 0. The summed E-state index contributed by atoms with van der Waals surface area (Å²) in [6, 6.07) is 11.6. The Morgan fingerprint density at radius 1 is 1.05 bits per heavy atom. The topological polar surface area (TPSA) is 16.1 Å². The van der Waals surface area contributed by atoms with Crippen molar-refractivity contribution in [1.29, 1.82) is 0 Å². The molecule has 1 atom stereocenters. The van der Waals surface area contributed by atoms with E-state index in [1.807, 2.05) is 12.4 Å². The minimum absolute atomic E-state index is 0.529. The molecule has 2 heteroatoms. The largest absolute Gasteiger partial charge is 0.297 e. The summed E-state index contributed by atoms with van der Waals surface area (Å²) in [4.78, 5) is 6.81. The van der Waals surface area contributed by atoms with Gasteiger partial charge in [0, 0.05) is 24.0 Å². The van der Waals surface area contributed by atoms with Gasteiger partial charge >= 0.3 is 0 Å². The fraction of sp³-hybridized carbons (Fsp3) is 0.389. The third-order valence-corrected chi connectivity index (χ3v) is 4.43. The molecule has 0 amide bonds. The van der Waals surface area contributed by atoms with Crippen molar-refractivity contribution < 1.29 is 0 Å². The Labute approximate surface area is 121 Å². The zero-order valence-electron chi connectivity index (χ0n) is 12.3. The van der Waals surface area contributed by atoms with Crippen molar-refractivity contribution in [2.45, 2.75) is 32.7 Å². The van der Waals surface area contributed by atoms with Crippen LogP contribution >= 0.6 is 0 Å². The molecule has 1 aliphatic heterocycles. The average molecular weight is 266 g/mol. The highest BCUT2D eigenvalue weighted by Crippen LogP contribution is 2.27. The first-order valence-corrected chi connectivity index (χ1v) is 7.51. The number of rotatable bonds is 3. The molecular formula is C18H22N2. The van der Waals surface area contributed by atoms with Gasteiger partial charge in [0.25, 0.3) is 0 Å². The van der Waals surface area contributed by atoms with Crippen LogP contribution in [-0.2, 0) is 0 Å². The van der Waals surface area contributed by atoms with Gasteiger partial charge in [0.1, 0.15) is 0 Å². The summed E-state index contributed by atoms with van der Waals surface area (Å²) >= 11 is 0. The molecule has 104 valence electrons. The van der Waals surface area contributed by atoms with Crippen LogP contribution in [0.4, 0.5) is 0 Å². The molecule has 2 heterocycles.